The molecule has 5 heteroatoms. The van der Waals surface area contributed by atoms with Crippen LogP contribution in [-0.4, -0.2) is 59.0 Å². The summed E-state index contributed by atoms with van der Waals surface area (Å²) in [6, 6.07) is 0. The van der Waals surface area contributed by atoms with Gasteiger partial charge in [-0.2, -0.15) is 0 Å². The second-order valence-electron chi connectivity index (χ2n) is 4.83. The van der Waals surface area contributed by atoms with Gasteiger partial charge in [0.1, 0.15) is 0 Å². The molecule has 0 saturated heterocycles. The number of likely N-dealkylation sites (N-methyl/N-ethyl adjacent to an activating group) is 1. The maximum absolute atomic E-state index is 11.7. The van der Waals surface area contributed by atoms with Gasteiger partial charge in [0.05, 0.1) is 13.1 Å². The highest BCUT2D eigenvalue weighted by Gasteiger charge is 2.26. The number of hydrogen-bond donors (Lipinski definition) is 1. The van der Waals surface area contributed by atoms with Gasteiger partial charge in [0.2, 0.25) is 5.91 Å². The van der Waals surface area contributed by atoms with Crippen LogP contribution in [-0.2, 0) is 9.59 Å². The minimum Gasteiger partial charge on any atom is -0.480 e. The Bertz CT molecular complexity index is 258. The summed E-state index contributed by atoms with van der Waals surface area (Å²) < 4.78 is 0. The van der Waals surface area contributed by atoms with E-state index in [0.717, 1.165) is 0 Å². The first-order valence-corrected chi connectivity index (χ1v) is 5.39. The van der Waals surface area contributed by atoms with Crippen molar-refractivity contribution in [2.45, 2.75) is 33.2 Å². The van der Waals surface area contributed by atoms with Crippen LogP contribution in [0, 0.1) is 0 Å². The molecule has 0 rings (SSSR count). The van der Waals surface area contributed by atoms with Gasteiger partial charge in [0, 0.05) is 19.1 Å². The van der Waals surface area contributed by atoms with Crippen LogP contribution < -0.4 is 0 Å². The van der Waals surface area contributed by atoms with Crippen molar-refractivity contribution in [3.63, 3.8) is 0 Å². The number of nitrogens with zero attached hydrogens (tertiary/aromatic N) is 2. The number of carbonyl (C=O) groups is 2. The van der Waals surface area contributed by atoms with E-state index in [1.165, 1.54) is 0 Å². The van der Waals surface area contributed by atoms with Crippen molar-refractivity contribution in [1.29, 1.82) is 0 Å². The number of amides is 1. The molecule has 0 saturated carbocycles. The fourth-order valence-electron chi connectivity index (χ4n) is 1.15. The van der Waals surface area contributed by atoms with Gasteiger partial charge in [-0.25, -0.2) is 0 Å². The monoisotopic (exact) mass is 230 g/mol. The summed E-state index contributed by atoms with van der Waals surface area (Å²) in [5.74, 6) is -0.972. The molecule has 0 aliphatic heterocycles. The van der Waals surface area contributed by atoms with Gasteiger partial charge in [-0.3, -0.25) is 14.5 Å². The van der Waals surface area contributed by atoms with Crippen LogP contribution in [0.1, 0.15) is 27.7 Å². The lowest BCUT2D eigenvalue weighted by molar-refractivity contribution is -0.141. The minimum absolute atomic E-state index is 0.0568. The normalized spacial score (nSPS) is 11.6. The average molecular weight is 230 g/mol. The molecule has 0 aliphatic carbocycles. The Balaban J connectivity index is 4.56. The molecule has 0 atom stereocenters. The summed E-state index contributed by atoms with van der Waals surface area (Å²) in [5.41, 5.74) is -0.331. The van der Waals surface area contributed by atoms with E-state index < -0.39 is 5.97 Å². The summed E-state index contributed by atoms with van der Waals surface area (Å²) in [6.45, 7) is 8.23. The molecule has 0 bridgehead atoms. The maximum atomic E-state index is 11.7. The Morgan fingerprint density at radius 1 is 1.19 bits per heavy atom. The SMILES string of the molecule is CCN(C)C(=O)CN(CC(=O)O)C(C)(C)C. The molecular formula is C11H22N2O3. The standard InChI is InChI=1S/C11H22N2O3/c1-6-12(5)9(14)7-13(8-10(15)16)11(2,3)4/h6-8H2,1-5H3,(H,15,16). The Kier molecular flexibility index (Phi) is 5.44. The van der Waals surface area contributed by atoms with Gasteiger partial charge in [-0.15, -0.1) is 0 Å². The van der Waals surface area contributed by atoms with Gasteiger partial charge in [0.25, 0.3) is 0 Å². The van der Waals surface area contributed by atoms with Gasteiger partial charge >= 0.3 is 5.97 Å². The topological polar surface area (TPSA) is 60.9 Å². The Hall–Kier alpha value is -1.10. The molecule has 1 N–H and O–H groups in total. The van der Waals surface area contributed by atoms with Crippen molar-refractivity contribution in [2.24, 2.45) is 0 Å². The van der Waals surface area contributed by atoms with Gasteiger partial charge < -0.3 is 10.0 Å². The lowest BCUT2D eigenvalue weighted by Crippen LogP contribution is -2.49. The largest absolute Gasteiger partial charge is 0.480 e. The predicted octanol–water partition coefficient (Wildman–Crippen LogP) is 0.650. The third-order valence-electron chi connectivity index (χ3n) is 2.50. The van der Waals surface area contributed by atoms with Crippen LogP contribution in [0.25, 0.3) is 0 Å². The van der Waals surface area contributed by atoms with Crippen LogP contribution in [0.2, 0.25) is 0 Å². The van der Waals surface area contributed by atoms with Crippen LogP contribution in [0.4, 0.5) is 0 Å². The summed E-state index contributed by atoms with van der Waals surface area (Å²) >= 11 is 0. The van der Waals surface area contributed by atoms with Crippen molar-refractivity contribution in [3.05, 3.63) is 0 Å². The Morgan fingerprint density at radius 2 is 1.69 bits per heavy atom. The van der Waals surface area contributed by atoms with Crippen LogP contribution in [0.5, 0.6) is 0 Å². The van der Waals surface area contributed by atoms with E-state index in [4.69, 9.17) is 5.11 Å². The average Bonchev–Trinajstić information content (AvgIpc) is 2.13. The molecule has 5 nitrogen and oxygen atoms in total. The van der Waals surface area contributed by atoms with Crippen molar-refractivity contribution in [1.82, 2.24) is 9.80 Å². The van der Waals surface area contributed by atoms with E-state index >= 15 is 0 Å². The van der Waals surface area contributed by atoms with E-state index in [2.05, 4.69) is 0 Å². The highest BCUT2D eigenvalue weighted by molar-refractivity contribution is 5.79. The molecule has 0 spiro atoms. The first kappa shape index (κ1) is 14.9. The second-order valence-corrected chi connectivity index (χ2v) is 4.83. The molecule has 0 aliphatic rings. The molecule has 0 aromatic carbocycles. The second kappa shape index (κ2) is 5.84. The van der Waals surface area contributed by atoms with Crippen molar-refractivity contribution in [3.8, 4) is 0 Å². The first-order chi connectivity index (χ1) is 7.18. The lowest BCUT2D eigenvalue weighted by atomic mass is 10.1. The molecule has 0 heterocycles. The van der Waals surface area contributed by atoms with E-state index in [9.17, 15) is 9.59 Å². The van der Waals surface area contributed by atoms with Crippen LogP contribution in [0.3, 0.4) is 0 Å². The number of hydrogen-bond acceptors (Lipinski definition) is 3. The summed E-state index contributed by atoms with van der Waals surface area (Å²) in [4.78, 5) is 25.7. The number of aliphatic carboxylic acids is 1. The zero-order valence-corrected chi connectivity index (χ0v) is 10.8. The lowest BCUT2D eigenvalue weighted by Gasteiger charge is -2.34. The zero-order chi connectivity index (χ0) is 12.9. The summed E-state index contributed by atoms with van der Waals surface area (Å²) in [6.07, 6.45) is 0. The smallest absolute Gasteiger partial charge is 0.317 e. The van der Waals surface area contributed by atoms with Gasteiger partial charge in [-0.1, -0.05) is 0 Å². The fourth-order valence-corrected chi connectivity index (χ4v) is 1.15. The first-order valence-electron chi connectivity index (χ1n) is 5.39. The van der Waals surface area contributed by atoms with Gasteiger partial charge in [-0.05, 0) is 27.7 Å². The quantitative estimate of drug-likeness (QED) is 0.753. The molecule has 0 aromatic rings. The van der Waals surface area contributed by atoms with E-state index in [1.807, 2.05) is 27.7 Å². The highest BCUT2D eigenvalue weighted by atomic mass is 16.4. The van der Waals surface area contributed by atoms with Crippen LogP contribution >= 0.6 is 0 Å². The van der Waals surface area contributed by atoms with Crippen molar-refractivity contribution >= 4 is 11.9 Å². The molecular weight excluding hydrogens is 208 g/mol. The molecule has 94 valence electrons. The third-order valence-corrected chi connectivity index (χ3v) is 2.50. The predicted molar refractivity (Wildman–Crippen MR) is 62.3 cm³/mol. The van der Waals surface area contributed by atoms with Crippen LogP contribution in [0.15, 0.2) is 0 Å². The maximum Gasteiger partial charge on any atom is 0.317 e. The summed E-state index contributed by atoms with van der Waals surface area (Å²) in [5, 5.41) is 8.79. The van der Waals surface area contributed by atoms with Crippen molar-refractivity contribution < 1.29 is 14.7 Å². The summed E-state index contributed by atoms with van der Waals surface area (Å²) in [7, 11) is 1.71. The van der Waals surface area contributed by atoms with Gasteiger partial charge in [0.15, 0.2) is 0 Å². The number of carboxylic acids is 1. The number of carboxylic acid groups (broad SMARTS) is 1. The Morgan fingerprint density at radius 3 is 2.00 bits per heavy atom. The number of carbonyl (C=O) groups excluding carboxylic acids is 1. The molecule has 0 fully saturated rings. The molecule has 0 unspecified atom stereocenters. The van der Waals surface area contributed by atoms with Crippen molar-refractivity contribution in [2.75, 3.05) is 26.7 Å². The molecule has 0 radical (unpaired) electrons. The molecule has 1 amide bonds. The third kappa shape index (κ3) is 5.11. The zero-order valence-electron chi connectivity index (χ0n) is 10.8. The van der Waals surface area contributed by atoms with E-state index in [1.54, 1.807) is 16.8 Å². The van der Waals surface area contributed by atoms with E-state index in [-0.39, 0.29) is 24.5 Å². The molecule has 16 heavy (non-hydrogen) atoms. The fraction of sp³-hybridized carbons (Fsp3) is 0.818. The minimum atomic E-state index is -0.915. The number of rotatable bonds is 5. The highest BCUT2D eigenvalue weighted by Crippen LogP contribution is 2.12. The Labute approximate surface area is 97.0 Å². The van der Waals surface area contributed by atoms with E-state index in [0.29, 0.717) is 6.54 Å². The molecule has 0 aromatic heterocycles.